The van der Waals surface area contributed by atoms with Gasteiger partial charge in [0.25, 0.3) is 0 Å². The van der Waals surface area contributed by atoms with E-state index in [4.69, 9.17) is 10.3 Å². The van der Waals surface area contributed by atoms with Gasteiger partial charge in [-0.15, -0.1) is 0 Å². The SMILES string of the molecule is Cc1nc(CNC(=O)[C@@H](N)C(C)C)no1. The lowest BCUT2D eigenvalue weighted by Crippen LogP contribution is -2.43. The Morgan fingerprint density at radius 1 is 1.60 bits per heavy atom. The summed E-state index contributed by atoms with van der Waals surface area (Å²) in [5.74, 6) is 0.841. The van der Waals surface area contributed by atoms with E-state index in [0.717, 1.165) is 0 Å². The van der Waals surface area contributed by atoms with Crippen LogP contribution >= 0.6 is 0 Å². The van der Waals surface area contributed by atoms with Crippen LogP contribution in [0.5, 0.6) is 0 Å². The average Bonchev–Trinajstić information content (AvgIpc) is 2.59. The molecule has 1 rings (SSSR count). The van der Waals surface area contributed by atoms with Crippen molar-refractivity contribution in [1.82, 2.24) is 15.5 Å². The highest BCUT2D eigenvalue weighted by atomic mass is 16.5. The standard InChI is InChI=1S/C9H16N4O2/c1-5(2)8(10)9(14)11-4-7-12-6(3)15-13-7/h5,8H,4,10H2,1-3H3,(H,11,14)/t8-/m0/s1. The largest absolute Gasteiger partial charge is 0.347 e. The van der Waals surface area contributed by atoms with Crippen molar-refractivity contribution >= 4 is 5.91 Å². The summed E-state index contributed by atoms with van der Waals surface area (Å²) in [6, 6.07) is -0.502. The predicted molar refractivity (Wildman–Crippen MR) is 53.7 cm³/mol. The molecule has 0 aliphatic heterocycles. The molecule has 0 radical (unpaired) electrons. The Hall–Kier alpha value is -1.43. The molecule has 84 valence electrons. The first-order chi connectivity index (χ1) is 7.00. The van der Waals surface area contributed by atoms with Crippen LogP contribution in [0.2, 0.25) is 0 Å². The second-order valence-electron chi connectivity index (χ2n) is 3.72. The van der Waals surface area contributed by atoms with E-state index >= 15 is 0 Å². The topological polar surface area (TPSA) is 94.0 Å². The summed E-state index contributed by atoms with van der Waals surface area (Å²) in [4.78, 5) is 15.4. The fourth-order valence-corrected chi connectivity index (χ4v) is 1.000. The first-order valence-corrected chi connectivity index (χ1v) is 4.83. The van der Waals surface area contributed by atoms with Gasteiger partial charge in [0, 0.05) is 6.92 Å². The highest BCUT2D eigenvalue weighted by molar-refractivity contribution is 5.81. The number of nitrogens with two attached hydrogens (primary N) is 1. The van der Waals surface area contributed by atoms with Crippen molar-refractivity contribution in [3.63, 3.8) is 0 Å². The molecule has 0 aliphatic carbocycles. The first-order valence-electron chi connectivity index (χ1n) is 4.83. The molecule has 0 unspecified atom stereocenters. The number of aryl methyl sites for hydroxylation is 1. The smallest absolute Gasteiger partial charge is 0.237 e. The van der Waals surface area contributed by atoms with Crippen LogP contribution in [0.3, 0.4) is 0 Å². The summed E-state index contributed by atoms with van der Waals surface area (Å²) in [6.45, 7) is 5.72. The fourth-order valence-electron chi connectivity index (χ4n) is 1.000. The zero-order chi connectivity index (χ0) is 11.4. The van der Waals surface area contributed by atoms with Gasteiger partial charge in [0.15, 0.2) is 5.82 Å². The van der Waals surface area contributed by atoms with Gasteiger partial charge in [-0.1, -0.05) is 19.0 Å². The number of aromatic nitrogens is 2. The third-order valence-electron chi connectivity index (χ3n) is 2.01. The molecule has 3 N–H and O–H groups in total. The van der Waals surface area contributed by atoms with Crippen LogP contribution in [0.1, 0.15) is 25.6 Å². The maximum atomic E-state index is 11.4. The molecule has 6 nitrogen and oxygen atoms in total. The normalized spacial score (nSPS) is 12.9. The highest BCUT2D eigenvalue weighted by Crippen LogP contribution is 1.99. The van der Waals surface area contributed by atoms with Gasteiger partial charge in [0.2, 0.25) is 11.8 Å². The summed E-state index contributed by atoms with van der Waals surface area (Å²) in [7, 11) is 0. The molecule has 1 amide bonds. The van der Waals surface area contributed by atoms with Crippen molar-refractivity contribution < 1.29 is 9.32 Å². The molecule has 0 saturated carbocycles. The lowest BCUT2D eigenvalue weighted by molar-refractivity contribution is -0.123. The number of rotatable bonds is 4. The Morgan fingerprint density at radius 3 is 2.73 bits per heavy atom. The van der Waals surface area contributed by atoms with Crippen LogP contribution in [-0.4, -0.2) is 22.1 Å². The summed E-state index contributed by atoms with van der Waals surface area (Å²) in [6.07, 6.45) is 0. The molecule has 1 atom stereocenters. The number of carbonyl (C=O) groups is 1. The van der Waals surface area contributed by atoms with Crippen LogP contribution in [0, 0.1) is 12.8 Å². The van der Waals surface area contributed by atoms with Crippen LogP contribution in [0.15, 0.2) is 4.52 Å². The summed E-state index contributed by atoms with van der Waals surface area (Å²) >= 11 is 0. The van der Waals surface area contributed by atoms with Gasteiger partial charge < -0.3 is 15.6 Å². The first kappa shape index (κ1) is 11.6. The third-order valence-corrected chi connectivity index (χ3v) is 2.01. The minimum atomic E-state index is -0.502. The lowest BCUT2D eigenvalue weighted by atomic mass is 10.1. The van der Waals surface area contributed by atoms with Gasteiger partial charge in [-0.05, 0) is 5.92 Å². The van der Waals surface area contributed by atoms with Gasteiger partial charge >= 0.3 is 0 Å². The molecule has 1 aromatic heterocycles. The number of nitrogens with zero attached hydrogens (tertiary/aromatic N) is 2. The number of hydrogen-bond acceptors (Lipinski definition) is 5. The molecule has 1 aromatic rings. The lowest BCUT2D eigenvalue weighted by Gasteiger charge is -2.14. The maximum Gasteiger partial charge on any atom is 0.237 e. The quantitative estimate of drug-likeness (QED) is 0.731. The zero-order valence-corrected chi connectivity index (χ0v) is 9.15. The second kappa shape index (κ2) is 4.88. The van der Waals surface area contributed by atoms with Crippen molar-refractivity contribution in [3.05, 3.63) is 11.7 Å². The number of nitrogens with one attached hydrogen (secondary N) is 1. The molecule has 0 aromatic carbocycles. The molecular weight excluding hydrogens is 196 g/mol. The summed E-state index contributed by atoms with van der Waals surface area (Å²) in [5.41, 5.74) is 5.65. The molecule has 0 saturated heterocycles. The van der Waals surface area contributed by atoms with Crippen molar-refractivity contribution in [2.24, 2.45) is 11.7 Å². The highest BCUT2D eigenvalue weighted by Gasteiger charge is 2.17. The Morgan fingerprint density at radius 2 is 2.27 bits per heavy atom. The monoisotopic (exact) mass is 212 g/mol. The van der Waals surface area contributed by atoms with Gasteiger partial charge in [0.05, 0.1) is 12.6 Å². The van der Waals surface area contributed by atoms with E-state index in [-0.39, 0.29) is 18.4 Å². The zero-order valence-electron chi connectivity index (χ0n) is 9.15. The van der Waals surface area contributed by atoms with E-state index in [1.807, 2.05) is 13.8 Å². The van der Waals surface area contributed by atoms with Gasteiger partial charge in [-0.2, -0.15) is 4.98 Å². The van der Waals surface area contributed by atoms with Crippen molar-refractivity contribution in [1.29, 1.82) is 0 Å². The number of hydrogen-bond donors (Lipinski definition) is 2. The average molecular weight is 212 g/mol. The Balaban J connectivity index is 2.40. The van der Waals surface area contributed by atoms with Crippen LogP contribution in [0.4, 0.5) is 0 Å². The van der Waals surface area contributed by atoms with Crippen molar-refractivity contribution in [3.8, 4) is 0 Å². The molecule has 1 heterocycles. The second-order valence-corrected chi connectivity index (χ2v) is 3.72. The molecular formula is C9H16N4O2. The minimum Gasteiger partial charge on any atom is -0.347 e. The van der Waals surface area contributed by atoms with E-state index in [1.54, 1.807) is 6.92 Å². The van der Waals surface area contributed by atoms with Crippen LogP contribution < -0.4 is 11.1 Å². The van der Waals surface area contributed by atoms with Crippen molar-refractivity contribution in [2.75, 3.05) is 0 Å². The summed E-state index contributed by atoms with van der Waals surface area (Å²) in [5, 5.41) is 6.29. The molecule has 0 spiro atoms. The predicted octanol–water partition coefficient (Wildman–Crippen LogP) is -0.0225. The van der Waals surface area contributed by atoms with E-state index in [0.29, 0.717) is 11.7 Å². The number of carbonyl (C=O) groups excluding carboxylic acids is 1. The molecule has 15 heavy (non-hydrogen) atoms. The van der Waals surface area contributed by atoms with Gasteiger partial charge in [-0.3, -0.25) is 4.79 Å². The van der Waals surface area contributed by atoms with E-state index in [1.165, 1.54) is 0 Å². The van der Waals surface area contributed by atoms with E-state index < -0.39 is 6.04 Å². The van der Waals surface area contributed by atoms with Gasteiger partial charge in [0.1, 0.15) is 0 Å². The Bertz CT molecular complexity index is 335. The Labute approximate surface area is 88.2 Å². The van der Waals surface area contributed by atoms with Crippen molar-refractivity contribution in [2.45, 2.75) is 33.4 Å². The Kier molecular flexibility index (Phi) is 3.79. The van der Waals surface area contributed by atoms with E-state index in [2.05, 4.69) is 15.5 Å². The van der Waals surface area contributed by atoms with Gasteiger partial charge in [-0.25, -0.2) is 0 Å². The summed E-state index contributed by atoms with van der Waals surface area (Å²) < 4.78 is 4.76. The molecule has 0 bridgehead atoms. The van der Waals surface area contributed by atoms with Crippen LogP contribution in [0.25, 0.3) is 0 Å². The fraction of sp³-hybridized carbons (Fsp3) is 0.667. The third kappa shape index (κ3) is 3.32. The van der Waals surface area contributed by atoms with E-state index in [9.17, 15) is 4.79 Å². The molecule has 6 heteroatoms. The number of amides is 1. The van der Waals surface area contributed by atoms with Crippen LogP contribution in [-0.2, 0) is 11.3 Å². The maximum absolute atomic E-state index is 11.4. The molecule has 0 aliphatic rings. The molecule has 0 fully saturated rings. The minimum absolute atomic E-state index is 0.108.